The van der Waals surface area contributed by atoms with Gasteiger partial charge in [-0.15, -0.1) is 0 Å². The zero-order chi connectivity index (χ0) is 15.5. The van der Waals surface area contributed by atoms with E-state index in [0.29, 0.717) is 15.6 Å². The molecule has 20 heavy (non-hydrogen) atoms. The van der Waals surface area contributed by atoms with Gasteiger partial charge in [-0.3, -0.25) is 4.79 Å². The SMILES string of the molecule is C[C@@H](NS(C)(=O)=O)C(=O)N[C@H](C)c1cccc(Cl)c1Cl. The number of hydrogen-bond acceptors (Lipinski definition) is 3. The molecule has 112 valence electrons. The molecule has 5 nitrogen and oxygen atoms in total. The Morgan fingerprint density at radius 1 is 1.25 bits per heavy atom. The van der Waals surface area contributed by atoms with E-state index in [9.17, 15) is 13.2 Å². The Labute approximate surface area is 128 Å². The van der Waals surface area contributed by atoms with E-state index in [-0.39, 0.29) is 0 Å². The molecule has 0 spiro atoms. The first-order valence-corrected chi connectivity index (χ1v) is 8.48. The molecule has 0 saturated carbocycles. The number of benzene rings is 1. The molecule has 1 rings (SSSR count). The molecular formula is C12H16Cl2N2O3S. The highest BCUT2D eigenvalue weighted by molar-refractivity contribution is 7.88. The lowest BCUT2D eigenvalue weighted by atomic mass is 10.1. The molecule has 1 aromatic carbocycles. The maximum Gasteiger partial charge on any atom is 0.238 e. The lowest BCUT2D eigenvalue weighted by molar-refractivity contribution is -0.123. The van der Waals surface area contributed by atoms with Crippen LogP contribution < -0.4 is 10.0 Å². The zero-order valence-corrected chi connectivity index (χ0v) is 13.6. The molecule has 8 heteroatoms. The minimum Gasteiger partial charge on any atom is -0.348 e. The summed E-state index contributed by atoms with van der Waals surface area (Å²) in [7, 11) is -3.44. The minimum atomic E-state index is -3.44. The summed E-state index contributed by atoms with van der Waals surface area (Å²) in [5, 5.41) is 3.44. The van der Waals surface area contributed by atoms with Crippen LogP contribution in [0.2, 0.25) is 10.0 Å². The number of sulfonamides is 1. The van der Waals surface area contributed by atoms with E-state index in [4.69, 9.17) is 23.2 Å². The first kappa shape index (κ1) is 17.2. The average molecular weight is 339 g/mol. The van der Waals surface area contributed by atoms with Crippen LogP contribution in [0.3, 0.4) is 0 Å². The van der Waals surface area contributed by atoms with Crippen molar-refractivity contribution < 1.29 is 13.2 Å². The minimum absolute atomic E-state index is 0.366. The van der Waals surface area contributed by atoms with Crippen LogP contribution in [0.1, 0.15) is 25.5 Å². The van der Waals surface area contributed by atoms with Crippen LogP contribution in [0, 0.1) is 0 Å². The summed E-state index contributed by atoms with van der Waals surface area (Å²) < 4.78 is 24.3. The molecule has 1 aromatic rings. The second-order valence-electron chi connectivity index (χ2n) is 4.49. The second kappa shape index (κ2) is 6.76. The van der Waals surface area contributed by atoms with Gasteiger partial charge in [-0.05, 0) is 25.5 Å². The van der Waals surface area contributed by atoms with Gasteiger partial charge >= 0.3 is 0 Å². The number of amides is 1. The highest BCUT2D eigenvalue weighted by Gasteiger charge is 2.20. The second-order valence-corrected chi connectivity index (χ2v) is 7.05. The van der Waals surface area contributed by atoms with Gasteiger partial charge in [0, 0.05) is 0 Å². The summed E-state index contributed by atoms with van der Waals surface area (Å²) in [6, 6.07) is 3.86. The smallest absolute Gasteiger partial charge is 0.238 e. The highest BCUT2D eigenvalue weighted by atomic mass is 35.5. The van der Waals surface area contributed by atoms with Crippen LogP contribution in [-0.2, 0) is 14.8 Å². The Morgan fingerprint density at radius 2 is 1.85 bits per heavy atom. The van der Waals surface area contributed by atoms with Gasteiger partial charge in [-0.25, -0.2) is 13.1 Å². The van der Waals surface area contributed by atoms with Gasteiger partial charge in [0.1, 0.15) is 0 Å². The number of rotatable bonds is 5. The van der Waals surface area contributed by atoms with Crippen LogP contribution in [-0.4, -0.2) is 26.6 Å². The normalized spacial score (nSPS) is 14.7. The van der Waals surface area contributed by atoms with Crippen LogP contribution >= 0.6 is 23.2 Å². The third-order valence-electron chi connectivity index (χ3n) is 2.59. The quantitative estimate of drug-likeness (QED) is 0.863. The van der Waals surface area contributed by atoms with E-state index in [1.807, 2.05) is 0 Å². The largest absolute Gasteiger partial charge is 0.348 e. The van der Waals surface area contributed by atoms with Gasteiger partial charge in [0.05, 0.1) is 28.4 Å². The summed E-state index contributed by atoms with van der Waals surface area (Å²) in [5.74, 6) is -0.445. The Hall–Kier alpha value is -0.820. The van der Waals surface area contributed by atoms with E-state index in [1.54, 1.807) is 25.1 Å². The number of nitrogens with one attached hydrogen (secondary N) is 2. The Kier molecular flexibility index (Phi) is 5.82. The number of hydrogen-bond donors (Lipinski definition) is 2. The first-order chi connectivity index (χ1) is 9.11. The molecule has 0 radical (unpaired) electrons. The third-order valence-corrected chi connectivity index (χ3v) is 4.21. The highest BCUT2D eigenvalue weighted by Crippen LogP contribution is 2.29. The van der Waals surface area contributed by atoms with Crippen LogP contribution in [0.25, 0.3) is 0 Å². The average Bonchev–Trinajstić information content (AvgIpc) is 2.30. The topological polar surface area (TPSA) is 75.3 Å². The van der Waals surface area contributed by atoms with E-state index >= 15 is 0 Å². The molecule has 0 saturated heterocycles. The van der Waals surface area contributed by atoms with Gasteiger partial charge in [-0.1, -0.05) is 35.3 Å². The number of carbonyl (C=O) groups is 1. The van der Waals surface area contributed by atoms with E-state index in [2.05, 4.69) is 10.0 Å². The number of carbonyl (C=O) groups excluding carboxylic acids is 1. The predicted molar refractivity (Wildman–Crippen MR) is 80.5 cm³/mol. The van der Waals surface area contributed by atoms with Crippen molar-refractivity contribution in [3.8, 4) is 0 Å². The summed E-state index contributed by atoms with van der Waals surface area (Å²) in [6.45, 7) is 3.20. The molecular weight excluding hydrogens is 323 g/mol. The molecule has 2 atom stereocenters. The van der Waals surface area contributed by atoms with Crippen molar-refractivity contribution in [3.63, 3.8) is 0 Å². The van der Waals surface area contributed by atoms with Gasteiger partial charge in [0.25, 0.3) is 0 Å². The summed E-state index contributed by atoms with van der Waals surface area (Å²) >= 11 is 12.0. The molecule has 0 aliphatic heterocycles. The van der Waals surface area contributed by atoms with Crippen molar-refractivity contribution >= 4 is 39.1 Å². The third kappa shape index (κ3) is 4.94. The van der Waals surface area contributed by atoms with Crippen molar-refractivity contribution in [3.05, 3.63) is 33.8 Å². The maximum atomic E-state index is 11.9. The zero-order valence-electron chi connectivity index (χ0n) is 11.3. The van der Waals surface area contributed by atoms with Gasteiger partial charge in [-0.2, -0.15) is 0 Å². The molecule has 2 N–H and O–H groups in total. The molecule has 0 aromatic heterocycles. The van der Waals surface area contributed by atoms with Crippen molar-refractivity contribution in [2.75, 3.05) is 6.26 Å². The van der Waals surface area contributed by atoms with Crippen molar-refractivity contribution in [1.82, 2.24) is 10.0 Å². The summed E-state index contributed by atoms with van der Waals surface area (Å²) in [5.41, 5.74) is 0.666. The lowest BCUT2D eigenvalue weighted by Crippen LogP contribution is -2.45. The van der Waals surface area contributed by atoms with Gasteiger partial charge in [0.2, 0.25) is 15.9 Å². The van der Waals surface area contributed by atoms with Crippen LogP contribution in [0.5, 0.6) is 0 Å². The molecule has 0 fully saturated rings. The maximum absolute atomic E-state index is 11.9. The van der Waals surface area contributed by atoms with Crippen molar-refractivity contribution in [2.45, 2.75) is 25.9 Å². The lowest BCUT2D eigenvalue weighted by Gasteiger charge is -2.19. The van der Waals surface area contributed by atoms with E-state index in [0.717, 1.165) is 6.26 Å². The molecule has 0 heterocycles. The monoisotopic (exact) mass is 338 g/mol. The molecule has 0 aliphatic rings. The first-order valence-electron chi connectivity index (χ1n) is 5.83. The Balaban J connectivity index is 2.78. The van der Waals surface area contributed by atoms with Gasteiger partial charge in [0.15, 0.2) is 0 Å². The molecule has 0 bridgehead atoms. The summed E-state index contributed by atoms with van der Waals surface area (Å²) in [4.78, 5) is 11.9. The fourth-order valence-corrected chi connectivity index (χ4v) is 2.87. The van der Waals surface area contributed by atoms with Gasteiger partial charge < -0.3 is 5.32 Å². The predicted octanol–water partition coefficient (Wildman–Crippen LogP) is 2.11. The van der Waals surface area contributed by atoms with Crippen molar-refractivity contribution in [2.24, 2.45) is 0 Å². The summed E-state index contributed by atoms with van der Waals surface area (Å²) in [6.07, 6.45) is 0.994. The van der Waals surface area contributed by atoms with E-state index in [1.165, 1.54) is 6.92 Å². The molecule has 0 unspecified atom stereocenters. The molecule has 1 amide bonds. The fraction of sp³-hybridized carbons (Fsp3) is 0.417. The Bertz CT molecular complexity index is 605. The van der Waals surface area contributed by atoms with Crippen LogP contribution in [0.15, 0.2) is 18.2 Å². The Morgan fingerprint density at radius 3 is 2.40 bits per heavy atom. The fourth-order valence-electron chi connectivity index (χ4n) is 1.65. The standard InChI is InChI=1S/C12H16Cl2N2O3S/c1-7(9-5-4-6-10(13)11(9)14)15-12(17)8(2)16-20(3,18)19/h4-8,16H,1-3H3,(H,15,17)/t7-,8-/m1/s1. The van der Waals surface area contributed by atoms with Crippen LogP contribution in [0.4, 0.5) is 0 Å². The van der Waals surface area contributed by atoms with E-state index < -0.39 is 28.0 Å². The van der Waals surface area contributed by atoms with Crippen molar-refractivity contribution in [1.29, 1.82) is 0 Å². The number of halogens is 2. The molecule has 0 aliphatic carbocycles.